The molecule has 1 N–H and O–H groups in total. The average Bonchev–Trinajstić information content (AvgIpc) is 3.23. The Bertz CT molecular complexity index is 400. The lowest BCUT2D eigenvalue weighted by molar-refractivity contribution is 0.252. The van der Waals surface area contributed by atoms with Crippen molar-refractivity contribution in [3.8, 4) is 5.75 Å². The van der Waals surface area contributed by atoms with E-state index in [0.717, 1.165) is 24.8 Å². The maximum absolute atomic E-state index is 5.75. The van der Waals surface area contributed by atoms with Crippen LogP contribution in [0.1, 0.15) is 44.1 Å². The summed E-state index contributed by atoms with van der Waals surface area (Å²) in [7, 11) is 0. The minimum atomic E-state index is 0.680. The molecule has 2 atom stereocenters. The first kappa shape index (κ1) is 12.0. The van der Waals surface area contributed by atoms with E-state index < -0.39 is 0 Å². The predicted molar refractivity (Wildman–Crippen MR) is 74.1 cm³/mol. The normalized spacial score (nSPS) is 24.2. The van der Waals surface area contributed by atoms with Crippen molar-refractivity contribution >= 4 is 0 Å². The maximum atomic E-state index is 5.75. The minimum Gasteiger partial charge on any atom is -0.493 e. The third kappa shape index (κ3) is 2.54. The van der Waals surface area contributed by atoms with Crippen LogP contribution >= 0.6 is 0 Å². The largest absolute Gasteiger partial charge is 0.493 e. The molecule has 1 aliphatic heterocycles. The second-order valence-corrected chi connectivity index (χ2v) is 5.61. The van der Waals surface area contributed by atoms with Crippen LogP contribution < -0.4 is 10.1 Å². The molecule has 2 unspecified atom stereocenters. The molecule has 3 rings (SSSR count). The summed E-state index contributed by atoms with van der Waals surface area (Å²) in [5.74, 6) is 2.72. The molecule has 0 spiro atoms. The van der Waals surface area contributed by atoms with Crippen molar-refractivity contribution in [3.05, 3.63) is 29.8 Å². The standard InChI is InChI=1S/C16H23NO/c1-2-17-15(12-7-8-12)11-13-9-10-18-16-6-4-3-5-14(13)16/h3-6,12-13,15,17H,2,7-11H2,1H3. The second kappa shape index (κ2) is 5.31. The molecule has 0 aromatic heterocycles. The lowest BCUT2D eigenvalue weighted by atomic mass is 9.86. The van der Waals surface area contributed by atoms with Crippen molar-refractivity contribution in [2.24, 2.45) is 5.92 Å². The highest BCUT2D eigenvalue weighted by molar-refractivity contribution is 5.37. The van der Waals surface area contributed by atoms with Crippen LogP contribution in [0.5, 0.6) is 5.75 Å². The minimum absolute atomic E-state index is 0.680. The smallest absolute Gasteiger partial charge is 0.122 e. The number of fused-ring (bicyclic) bond motifs is 1. The molecule has 1 saturated carbocycles. The summed E-state index contributed by atoms with van der Waals surface area (Å²) in [6, 6.07) is 9.28. The first-order chi connectivity index (χ1) is 8.88. The maximum Gasteiger partial charge on any atom is 0.122 e. The fraction of sp³-hybridized carbons (Fsp3) is 0.625. The molecule has 0 saturated heterocycles. The van der Waals surface area contributed by atoms with E-state index in [1.54, 1.807) is 0 Å². The van der Waals surface area contributed by atoms with E-state index in [-0.39, 0.29) is 0 Å². The Morgan fingerprint density at radius 3 is 2.89 bits per heavy atom. The fourth-order valence-electron chi connectivity index (χ4n) is 3.17. The van der Waals surface area contributed by atoms with E-state index in [1.165, 1.54) is 31.2 Å². The van der Waals surface area contributed by atoms with Crippen LogP contribution in [-0.2, 0) is 0 Å². The van der Waals surface area contributed by atoms with Crippen molar-refractivity contribution in [1.29, 1.82) is 0 Å². The van der Waals surface area contributed by atoms with Gasteiger partial charge in [0.25, 0.3) is 0 Å². The van der Waals surface area contributed by atoms with Crippen LogP contribution in [0.15, 0.2) is 24.3 Å². The van der Waals surface area contributed by atoms with Crippen LogP contribution in [-0.4, -0.2) is 19.2 Å². The zero-order chi connectivity index (χ0) is 12.4. The van der Waals surface area contributed by atoms with E-state index >= 15 is 0 Å². The SMILES string of the molecule is CCNC(CC1CCOc2ccccc21)C1CC1. The van der Waals surface area contributed by atoms with Crippen LogP contribution in [0.3, 0.4) is 0 Å². The monoisotopic (exact) mass is 245 g/mol. The summed E-state index contributed by atoms with van der Waals surface area (Å²) >= 11 is 0. The van der Waals surface area contributed by atoms with Gasteiger partial charge in [0.05, 0.1) is 6.61 Å². The molecule has 2 nitrogen and oxygen atoms in total. The highest BCUT2D eigenvalue weighted by atomic mass is 16.5. The summed E-state index contributed by atoms with van der Waals surface area (Å²) in [6.45, 7) is 4.19. The molecular formula is C16H23NO. The van der Waals surface area contributed by atoms with Gasteiger partial charge in [-0.25, -0.2) is 0 Å². The van der Waals surface area contributed by atoms with Crippen LogP contribution in [0.4, 0.5) is 0 Å². The Hall–Kier alpha value is -1.02. The van der Waals surface area contributed by atoms with E-state index in [1.807, 2.05) is 0 Å². The molecule has 2 heteroatoms. The summed E-state index contributed by atoms with van der Waals surface area (Å²) in [5.41, 5.74) is 1.42. The van der Waals surface area contributed by atoms with Gasteiger partial charge in [-0.2, -0.15) is 0 Å². The highest BCUT2D eigenvalue weighted by Gasteiger charge is 2.33. The Balaban J connectivity index is 1.72. The van der Waals surface area contributed by atoms with Crippen LogP contribution in [0, 0.1) is 5.92 Å². The number of para-hydroxylation sites is 1. The van der Waals surface area contributed by atoms with E-state index in [2.05, 4.69) is 36.5 Å². The van der Waals surface area contributed by atoms with Crippen molar-refractivity contribution < 1.29 is 4.74 Å². The molecular weight excluding hydrogens is 222 g/mol. The van der Waals surface area contributed by atoms with Crippen LogP contribution in [0.25, 0.3) is 0 Å². The summed E-state index contributed by atoms with van der Waals surface area (Å²) < 4.78 is 5.75. The van der Waals surface area contributed by atoms with Crippen molar-refractivity contribution in [2.75, 3.05) is 13.2 Å². The highest BCUT2D eigenvalue weighted by Crippen LogP contribution is 2.41. The molecule has 1 heterocycles. The summed E-state index contributed by atoms with van der Waals surface area (Å²) in [5, 5.41) is 3.68. The van der Waals surface area contributed by atoms with Crippen molar-refractivity contribution in [1.82, 2.24) is 5.32 Å². The number of ether oxygens (including phenoxy) is 1. The quantitative estimate of drug-likeness (QED) is 0.859. The summed E-state index contributed by atoms with van der Waals surface area (Å²) in [6.07, 6.45) is 5.29. The van der Waals surface area contributed by atoms with Gasteiger partial charge in [0, 0.05) is 6.04 Å². The molecule has 0 radical (unpaired) electrons. The Labute approximate surface area is 110 Å². The van der Waals surface area contributed by atoms with E-state index in [4.69, 9.17) is 4.74 Å². The van der Waals surface area contributed by atoms with Gasteiger partial charge in [-0.3, -0.25) is 0 Å². The first-order valence-electron chi connectivity index (χ1n) is 7.33. The zero-order valence-corrected chi connectivity index (χ0v) is 11.2. The van der Waals surface area contributed by atoms with Gasteiger partial charge in [-0.05, 0) is 55.7 Å². The molecule has 98 valence electrons. The lowest BCUT2D eigenvalue weighted by Gasteiger charge is -2.29. The fourth-order valence-corrected chi connectivity index (χ4v) is 3.17. The molecule has 0 amide bonds. The lowest BCUT2D eigenvalue weighted by Crippen LogP contribution is -2.33. The van der Waals surface area contributed by atoms with Gasteiger partial charge in [0.1, 0.15) is 5.75 Å². The van der Waals surface area contributed by atoms with E-state index in [0.29, 0.717) is 12.0 Å². The molecule has 1 aromatic carbocycles. The van der Waals surface area contributed by atoms with Crippen LogP contribution in [0.2, 0.25) is 0 Å². The number of hydrogen-bond acceptors (Lipinski definition) is 2. The third-order valence-electron chi connectivity index (χ3n) is 4.28. The van der Waals surface area contributed by atoms with Gasteiger partial charge in [0.2, 0.25) is 0 Å². The Morgan fingerprint density at radius 1 is 1.28 bits per heavy atom. The van der Waals surface area contributed by atoms with Crippen molar-refractivity contribution in [3.63, 3.8) is 0 Å². The van der Waals surface area contributed by atoms with Gasteiger partial charge in [-0.1, -0.05) is 25.1 Å². The van der Waals surface area contributed by atoms with E-state index in [9.17, 15) is 0 Å². The average molecular weight is 245 g/mol. The molecule has 1 aliphatic carbocycles. The molecule has 1 fully saturated rings. The molecule has 0 bridgehead atoms. The predicted octanol–water partition coefficient (Wildman–Crippen LogP) is 3.33. The summed E-state index contributed by atoms with van der Waals surface area (Å²) in [4.78, 5) is 0. The van der Waals surface area contributed by atoms with Gasteiger partial charge in [-0.15, -0.1) is 0 Å². The second-order valence-electron chi connectivity index (χ2n) is 5.61. The molecule has 18 heavy (non-hydrogen) atoms. The number of nitrogens with one attached hydrogen (secondary N) is 1. The van der Waals surface area contributed by atoms with Gasteiger partial charge >= 0.3 is 0 Å². The third-order valence-corrected chi connectivity index (χ3v) is 4.28. The van der Waals surface area contributed by atoms with Gasteiger partial charge < -0.3 is 10.1 Å². The number of rotatable bonds is 5. The topological polar surface area (TPSA) is 21.3 Å². The van der Waals surface area contributed by atoms with Gasteiger partial charge in [0.15, 0.2) is 0 Å². The molecule has 2 aliphatic rings. The van der Waals surface area contributed by atoms with Crippen molar-refractivity contribution in [2.45, 2.75) is 44.6 Å². The number of hydrogen-bond donors (Lipinski definition) is 1. The number of benzene rings is 1. The molecule has 1 aromatic rings. The Morgan fingerprint density at radius 2 is 2.11 bits per heavy atom. The first-order valence-corrected chi connectivity index (χ1v) is 7.33. The Kier molecular flexibility index (Phi) is 3.55. The zero-order valence-electron chi connectivity index (χ0n) is 11.2.